The number of nitrogens with two attached hydrogens (primary N) is 1. The largest absolute Gasteiger partial charge is 0.304 e. The van der Waals surface area contributed by atoms with Crippen LogP contribution in [-0.2, 0) is 4.84 Å². The fraction of sp³-hybridized carbons (Fsp3) is 1.00. The zero-order valence-corrected chi connectivity index (χ0v) is 9.27. The Bertz CT molecular complexity index is 180. The molecule has 13 heavy (non-hydrogen) atoms. The van der Waals surface area contributed by atoms with Crippen molar-refractivity contribution in [1.29, 1.82) is 0 Å². The van der Waals surface area contributed by atoms with Gasteiger partial charge in [0.15, 0.2) is 0 Å². The average Bonchev–Trinajstić information content (AvgIpc) is 2.05. The second-order valence-electron chi connectivity index (χ2n) is 5.03. The van der Waals surface area contributed by atoms with Crippen LogP contribution in [0.3, 0.4) is 0 Å². The molecule has 3 aliphatic carbocycles. The fourth-order valence-electron chi connectivity index (χ4n) is 3.29. The summed E-state index contributed by atoms with van der Waals surface area (Å²) < 4.78 is 0. The Morgan fingerprint density at radius 1 is 1.38 bits per heavy atom. The quantitative estimate of drug-likeness (QED) is 0.703. The Balaban J connectivity index is 0.000000845. The highest BCUT2D eigenvalue weighted by molar-refractivity contribution is 5.85. The Morgan fingerprint density at radius 2 is 2.08 bits per heavy atom. The lowest BCUT2D eigenvalue weighted by molar-refractivity contribution is -0.124. The molecule has 3 rings (SSSR count). The van der Waals surface area contributed by atoms with Crippen LogP contribution in [0.5, 0.6) is 0 Å². The molecule has 3 aliphatic rings. The van der Waals surface area contributed by atoms with Crippen LogP contribution in [-0.4, -0.2) is 6.61 Å². The molecule has 0 aliphatic heterocycles. The maximum Gasteiger partial charge on any atom is 0.0710 e. The third kappa shape index (κ3) is 1.60. The molecule has 0 spiro atoms. The number of halogens is 1. The van der Waals surface area contributed by atoms with Crippen LogP contribution in [0.15, 0.2) is 0 Å². The van der Waals surface area contributed by atoms with E-state index in [0.717, 1.165) is 24.4 Å². The summed E-state index contributed by atoms with van der Waals surface area (Å²) in [6.45, 7) is 5.56. The van der Waals surface area contributed by atoms with Gasteiger partial charge in [0.2, 0.25) is 0 Å². The molecule has 3 fully saturated rings. The molecule has 3 heteroatoms. The van der Waals surface area contributed by atoms with Gasteiger partial charge in [0.1, 0.15) is 0 Å². The van der Waals surface area contributed by atoms with Crippen LogP contribution >= 0.6 is 12.4 Å². The van der Waals surface area contributed by atoms with Crippen molar-refractivity contribution < 1.29 is 4.84 Å². The summed E-state index contributed by atoms with van der Waals surface area (Å²) in [6.07, 6.45) is 4.13. The topological polar surface area (TPSA) is 35.2 Å². The fourth-order valence-corrected chi connectivity index (χ4v) is 3.29. The van der Waals surface area contributed by atoms with E-state index in [1.807, 2.05) is 0 Å². The van der Waals surface area contributed by atoms with E-state index in [0.29, 0.717) is 5.41 Å². The van der Waals surface area contributed by atoms with E-state index < -0.39 is 0 Å². The van der Waals surface area contributed by atoms with Gasteiger partial charge < -0.3 is 4.84 Å². The molecule has 0 aromatic heterocycles. The minimum Gasteiger partial charge on any atom is -0.304 e. The molecule has 3 unspecified atom stereocenters. The summed E-state index contributed by atoms with van der Waals surface area (Å²) in [6, 6.07) is 0. The first-order chi connectivity index (χ1) is 5.66. The highest BCUT2D eigenvalue weighted by atomic mass is 35.5. The molecule has 3 atom stereocenters. The number of rotatable bonds is 2. The van der Waals surface area contributed by atoms with Gasteiger partial charge in [-0.2, -0.15) is 0 Å². The number of hydrogen-bond acceptors (Lipinski definition) is 2. The SMILES string of the molecule is CC1(C)C2CCC(CON)C1C2.Cl. The van der Waals surface area contributed by atoms with Crippen molar-refractivity contribution in [3.63, 3.8) is 0 Å². The minimum atomic E-state index is 0. The van der Waals surface area contributed by atoms with E-state index in [1.54, 1.807) is 0 Å². The first-order valence-corrected chi connectivity index (χ1v) is 4.98. The van der Waals surface area contributed by atoms with Crippen LogP contribution in [0.1, 0.15) is 33.1 Å². The maximum absolute atomic E-state index is 5.13. The third-order valence-corrected chi connectivity index (χ3v) is 4.31. The first kappa shape index (κ1) is 11.3. The maximum atomic E-state index is 5.13. The van der Waals surface area contributed by atoms with Gasteiger partial charge in [-0.25, -0.2) is 5.90 Å². The van der Waals surface area contributed by atoms with Gasteiger partial charge in [-0.1, -0.05) is 13.8 Å². The van der Waals surface area contributed by atoms with Crippen molar-refractivity contribution in [3.8, 4) is 0 Å². The van der Waals surface area contributed by atoms with Crippen molar-refractivity contribution in [3.05, 3.63) is 0 Å². The molecular formula is C10H20ClNO. The molecule has 2 nitrogen and oxygen atoms in total. The molecule has 0 saturated heterocycles. The van der Waals surface area contributed by atoms with Gasteiger partial charge in [0.25, 0.3) is 0 Å². The third-order valence-electron chi connectivity index (χ3n) is 4.31. The zero-order chi connectivity index (χ0) is 8.77. The highest BCUT2D eigenvalue weighted by Crippen LogP contribution is 2.61. The smallest absolute Gasteiger partial charge is 0.0710 e. The van der Waals surface area contributed by atoms with Gasteiger partial charge in [-0.3, -0.25) is 0 Å². The van der Waals surface area contributed by atoms with E-state index >= 15 is 0 Å². The van der Waals surface area contributed by atoms with E-state index in [2.05, 4.69) is 13.8 Å². The standard InChI is InChI=1S/C10H19NO.ClH/c1-10(2)8-4-3-7(6-12-11)9(10)5-8;/h7-9H,3-6,11H2,1-2H3;1H. The van der Waals surface area contributed by atoms with Gasteiger partial charge >= 0.3 is 0 Å². The monoisotopic (exact) mass is 205 g/mol. The van der Waals surface area contributed by atoms with Crippen LogP contribution in [0.25, 0.3) is 0 Å². The first-order valence-electron chi connectivity index (χ1n) is 4.98. The van der Waals surface area contributed by atoms with E-state index in [4.69, 9.17) is 10.7 Å². The lowest BCUT2D eigenvalue weighted by Gasteiger charge is -2.60. The van der Waals surface area contributed by atoms with Gasteiger partial charge in [-0.05, 0) is 42.4 Å². The second kappa shape index (κ2) is 3.76. The minimum absolute atomic E-state index is 0. The lowest BCUT2D eigenvalue weighted by Crippen LogP contribution is -2.53. The molecule has 0 aromatic rings. The van der Waals surface area contributed by atoms with Crippen LogP contribution < -0.4 is 5.90 Å². The zero-order valence-electron chi connectivity index (χ0n) is 8.45. The molecule has 3 saturated carbocycles. The molecule has 0 aromatic carbocycles. The van der Waals surface area contributed by atoms with Gasteiger partial charge in [0.05, 0.1) is 6.61 Å². The van der Waals surface area contributed by atoms with Crippen LogP contribution in [0, 0.1) is 23.2 Å². The second-order valence-corrected chi connectivity index (χ2v) is 5.03. The summed E-state index contributed by atoms with van der Waals surface area (Å²) >= 11 is 0. The summed E-state index contributed by atoms with van der Waals surface area (Å²) in [4.78, 5) is 4.77. The predicted molar refractivity (Wildman–Crippen MR) is 55.5 cm³/mol. The average molecular weight is 206 g/mol. The van der Waals surface area contributed by atoms with Crippen molar-refractivity contribution in [2.75, 3.05) is 6.61 Å². The Labute approximate surface area is 86.6 Å². The Hall–Kier alpha value is 0.210. The Kier molecular flexibility index (Phi) is 3.26. The molecule has 0 amide bonds. The van der Waals surface area contributed by atoms with Crippen LogP contribution in [0.2, 0.25) is 0 Å². The normalized spacial score (nSPS) is 40.4. The van der Waals surface area contributed by atoms with Crippen molar-refractivity contribution in [1.82, 2.24) is 0 Å². The molecular weight excluding hydrogens is 186 g/mol. The van der Waals surface area contributed by atoms with Crippen molar-refractivity contribution in [2.24, 2.45) is 29.1 Å². The van der Waals surface area contributed by atoms with E-state index in [1.165, 1.54) is 19.3 Å². The molecule has 78 valence electrons. The van der Waals surface area contributed by atoms with E-state index in [-0.39, 0.29) is 12.4 Å². The molecule has 0 heterocycles. The van der Waals surface area contributed by atoms with Crippen molar-refractivity contribution >= 4 is 12.4 Å². The van der Waals surface area contributed by atoms with E-state index in [9.17, 15) is 0 Å². The summed E-state index contributed by atoms with van der Waals surface area (Å²) in [7, 11) is 0. The number of hydrogen-bond donors (Lipinski definition) is 1. The Morgan fingerprint density at radius 3 is 2.54 bits per heavy atom. The lowest BCUT2D eigenvalue weighted by atomic mass is 9.46. The molecule has 2 bridgehead atoms. The highest BCUT2D eigenvalue weighted by Gasteiger charge is 2.53. The summed E-state index contributed by atoms with van der Waals surface area (Å²) in [5.41, 5.74) is 0.571. The van der Waals surface area contributed by atoms with Crippen LogP contribution in [0.4, 0.5) is 0 Å². The summed E-state index contributed by atoms with van der Waals surface area (Å²) in [5, 5.41) is 0. The predicted octanol–water partition coefficient (Wildman–Crippen LogP) is 2.37. The molecule has 0 radical (unpaired) electrons. The van der Waals surface area contributed by atoms with Gasteiger partial charge in [0, 0.05) is 0 Å². The van der Waals surface area contributed by atoms with Gasteiger partial charge in [-0.15, -0.1) is 12.4 Å². The number of fused-ring (bicyclic) bond motifs is 2. The summed E-state index contributed by atoms with van der Waals surface area (Å²) in [5.74, 6) is 7.72. The molecule has 2 N–H and O–H groups in total. The van der Waals surface area contributed by atoms with Crippen molar-refractivity contribution in [2.45, 2.75) is 33.1 Å².